The Labute approximate surface area is 398 Å². The number of halogens is 2. The first kappa shape index (κ1) is 45.0. The standard InChI is InChI=1S/C52H56F2N10O5/c1-4-35-38(53)11-9-32-7-5-8-36(43(32)35)45-44(54)46-37(28-55-45)47(63-20-6-17-51(2,68)29-63)58-49(57-46)69-31-52(18-19-52)30-60-21-15-33(16-22-60)61-23-25-62(26-24-61)34-10-12-39-41(27-34)59(3)50(67)64(39)40-13-14-42(65)56-48(40)66/h1,5,7-12,27-28,33,40,68H,6,13-26,29-31H2,2-3H3,(H,56,65,66)/t40?,51-/m1/s1. The van der Waals surface area contributed by atoms with Crippen LogP contribution in [0.2, 0.25) is 0 Å². The van der Waals surface area contributed by atoms with Crippen LogP contribution in [-0.2, 0) is 16.6 Å². The fraction of sp³-hybridized carbons (Fsp3) is 0.462. The highest BCUT2D eigenvalue weighted by Gasteiger charge is 2.46. The zero-order valence-electron chi connectivity index (χ0n) is 39.0. The highest BCUT2D eigenvalue weighted by molar-refractivity contribution is 6.02. The summed E-state index contributed by atoms with van der Waals surface area (Å²) in [6.45, 7) is 9.53. The van der Waals surface area contributed by atoms with Crippen molar-refractivity contribution in [2.75, 3.05) is 75.3 Å². The number of rotatable bonds is 10. The molecule has 5 fully saturated rings. The fourth-order valence-corrected chi connectivity index (χ4v) is 11.4. The van der Waals surface area contributed by atoms with Crippen LogP contribution < -0.4 is 25.5 Å². The minimum absolute atomic E-state index is 0.00664. The molecule has 6 aromatic rings. The number of carbonyl (C=O) groups is 2. The molecule has 0 bridgehead atoms. The summed E-state index contributed by atoms with van der Waals surface area (Å²) in [5.41, 5.74) is 1.61. The van der Waals surface area contributed by atoms with Crippen molar-refractivity contribution in [1.82, 2.24) is 39.2 Å². The van der Waals surface area contributed by atoms with Crippen molar-refractivity contribution < 1.29 is 28.2 Å². The molecule has 2 amide bonds. The number of aryl methyl sites for hydroxylation is 1. The van der Waals surface area contributed by atoms with E-state index >= 15 is 4.39 Å². The number of terminal acetylenes is 1. The number of ether oxygens (including phenoxy) is 1. The number of likely N-dealkylation sites (tertiary alicyclic amines) is 1. The molecule has 1 saturated carbocycles. The molecule has 1 unspecified atom stereocenters. The highest BCUT2D eigenvalue weighted by Crippen LogP contribution is 2.47. The number of imidazole rings is 1. The number of fused-ring (bicyclic) bond motifs is 3. The number of hydrogen-bond acceptors (Lipinski definition) is 12. The largest absolute Gasteiger partial charge is 0.463 e. The molecule has 69 heavy (non-hydrogen) atoms. The van der Waals surface area contributed by atoms with Gasteiger partial charge < -0.3 is 24.5 Å². The molecule has 7 heterocycles. The van der Waals surface area contributed by atoms with Crippen LogP contribution in [0, 0.1) is 29.4 Å². The number of carbonyl (C=O) groups excluding carboxylic acids is 2. The van der Waals surface area contributed by atoms with Gasteiger partial charge >= 0.3 is 11.7 Å². The number of pyridine rings is 1. The van der Waals surface area contributed by atoms with Crippen molar-refractivity contribution >= 4 is 56.0 Å². The third kappa shape index (κ3) is 8.35. The first-order chi connectivity index (χ1) is 33.3. The van der Waals surface area contributed by atoms with E-state index in [2.05, 4.69) is 35.9 Å². The Hall–Kier alpha value is -6.48. The van der Waals surface area contributed by atoms with E-state index in [4.69, 9.17) is 16.1 Å². The zero-order chi connectivity index (χ0) is 47.8. The Kier molecular flexibility index (Phi) is 11.4. The molecular formula is C52H56F2N10O5. The molecule has 4 saturated heterocycles. The second-order valence-corrected chi connectivity index (χ2v) is 20.2. The Bertz CT molecular complexity index is 3140. The lowest BCUT2D eigenvalue weighted by atomic mass is 9.95. The molecule has 5 aliphatic rings. The monoisotopic (exact) mass is 938 g/mol. The van der Waals surface area contributed by atoms with Crippen LogP contribution in [0.4, 0.5) is 20.3 Å². The number of piperazine rings is 1. The number of aromatic nitrogens is 5. The molecule has 2 N–H and O–H groups in total. The molecule has 11 rings (SSSR count). The van der Waals surface area contributed by atoms with Crippen molar-refractivity contribution in [3.8, 4) is 29.6 Å². The third-order valence-electron chi connectivity index (χ3n) is 15.4. The number of nitrogens with one attached hydrogen (secondary N) is 1. The van der Waals surface area contributed by atoms with Crippen molar-refractivity contribution in [3.63, 3.8) is 0 Å². The van der Waals surface area contributed by atoms with E-state index in [0.717, 1.165) is 89.1 Å². The van der Waals surface area contributed by atoms with Crippen molar-refractivity contribution in [2.24, 2.45) is 12.5 Å². The van der Waals surface area contributed by atoms with Crippen LogP contribution in [0.5, 0.6) is 6.01 Å². The van der Waals surface area contributed by atoms with Crippen LogP contribution in [0.25, 0.3) is 44.0 Å². The summed E-state index contributed by atoms with van der Waals surface area (Å²) in [6.07, 6.45) is 13.3. The summed E-state index contributed by atoms with van der Waals surface area (Å²) >= 11 is 0. The van der Waals surface area contributed by atoms with Crippen LogP contribution in [0.3, 0.4) is 0 Å². The van der Waals surface area contributed by atoms with E-state index in [1.807, 2.05) is 23.1 Å². The van der Waals surface area contributed by atoms with Crippen molar-refractivity contribution in [3.05, 3.63) is 82.4 Å². The summed E-state index contributed by atoms with van der Waals surface area (Å²) in [5.74, 6) is 0.885. The summed E-state index contributed by atoms with van der Waals surface area (Å²) in [6, 6.07) is 14.0. The lowest BCUT2D eigenvalue weighted by Crippen LogP contribution is -2.53. The molecule has 15 nitrogen and oxygen atoms in total. The minimum atomic E-state index is -0.961. The second kappa shape index (κ2) is 17.5. The van der Waals surface area contributed by atoms with E-state index in [1.165, 1.54) is 10.6 Å². The second-order valence-electron chi connectivity index (χ2n) is 20.2. The molecule has 4 aliphatic heterocycles. The first-order valence-corrected chi connectivity index (χ1v) is 24.2. The molecule has 17 heteroatoms. The number of amides is 2. The quantitative estimate of drug-likeness (QED) is 0.131. The number of anilines is 2. The van der Waals surface area contributed by atoms with Gasteiger partial charge in [-0.3, -0.25) is 33.9 Å². The number of imide groups is 1. The van der Waals surface area contributed by atoms with Gasteiger partial charge in [0.15, 0.2) is 5.82 Å². The number of β-amino-alcohol motifs (C(OH)–C–C–N with tert-alkyl or cyclic N) is 1. The van der Waals surface area contributed by atoms with E-state index < -0.39 is 29.2 Å². The maximum absolute atomic E-state index is 17.0. The first-order valence-electron chi connectivity index (χ1n) is 24.2. The Morgan fingerprint density at radius 3 is 2.46 bits per heavy atom. The Morgan fingerprint density at radius 1 is 0.928 bits per heavy atom. The molecule has 358 valence electrons. The van der Waals surface area contributed by atoms with Gasteiger partial charge in [-0.1, -0.05) is 30.2 Å². The molecule has 0 radical (unpaired) electrons. The van der Waals surface area contributed by atoms with E-state index in [9.17, 15) is 23.9 Å². The van der Waals surface area contributed by atoms with Gasteiger partial charge in [0.1, 0.15) is 28.9 Å². The number of piperidine rings is 3. The predicted octanol–water partition coefficient (Wildman–Crippen LogP) is 5.53. The summed E-state index contributed by atoms with van der Waals surface area (Å²) < 4.78 is 41.6. The zero-order valence-corrected chi connectivity index (χ0v) is 39.0. The van der Waals surface area contributed by atoms with Crippen LogP contribution in [0.1, 0.15) is 69.9 Å². The molecule has 0 spiro atoms. The van der Waals surface area contributed by atoms with Crippen LogP contribution in [-0.4, -0.2) is 128 Å². The average Bonchev–Trinajstić information content (AvgIpc) is 4.07. The fourth-order valence-electron chi connectivity index (χ4n) is 11.4. The van der Waals surface area contributed by atoms with Crippen molar-refractivity contribution in [1.29, 1.82) is 0 Å². The molecular weight excluding hydrogens is 883 g/mol. The van der Waals surface area contributed by atoms with Gasteiger partial charge in [0, 0.05) is 93.6 Å². The molecule has 2 atom stereocenters. The van der Waals surface area contributed by atoms with Crippen LogP contribution >= 0.6 is 0 Å². The van der Waals surface area contributed by atoms with Crippen LogP contribution in [0.15, 0.2) is 59.5 Å². The third-order valence-corrected chi connectivity index (χ3v) is 15.4. The summed E-state index contributed by atoms with van der Waals surface area (Å²) in [5, 5.41) is 14.9. The van der Waals surface area contributed by atoms with Gasteiger partial charge in [-0.15, -0.1) is 6.42 Å². The van der Waals surface area contributed by atoms with Gasteiger partial charge in [0.25, 0.3) is 0 Å². The van der Waals surface area contributed by atoms with Gasteiger partial charge in [-0.2, -0.15) is 9.97 Å². The van der Waals surface area contributed by atoms with Crippen molar-refractivity contribution in [2.45, 2.75) is 76.0 Å². The molecule has 1 aliphatic carbocycles. The normalized spacial score (nSPS) is 22.6. The van der Waals surface area contributed by atoms with E-state index in [0.29, 0.717) is 71.6 Å². The lowest BCUT2D eigenvalue weighted by molar-refractivity contribution is -0.135. The summed E-state index contributed by atoms with van der Waals surface area (Å²) in [7, 11) is 1.73. The van der Waals surface area contributed by atoms with Gasteiger partial charge in [-0.25, -0.2) is 13.6 Å². The molecule has 3 aromatic heterocycles. The Morgan fingerprint density at radius 2 is 1.72 bits per heavy atom. The maximum Gasteiger partial charge on any atom is 0.329 e. The topological polar surface area (TPSA) is 154 Å². The van der Waals surface area contributed by atoms with E-state index in [1.54, 1.807) is 49.0 Å². The Balaban J connectivity index is 0.750. The number of aliphatic hydroxyl groups is 1. The SMILES string of the molecule is C#Cc1c(F)ccc2cccc(-c3ncc4c(N5CCC[C@@](C)(O)C5)nc(OCC5(CN6CCC(N7CCN(c8ccc9c(c8)n(C)c(=O)n9C8CCC(=O)NC8=O)CC7)CC6)CC5)nc4c3F)c12. The highest BCUT2D eigenvalue weighted by atomic mass is 19.1. The lowest BCUT2D eigenvalue weighted by Gasteiger charge is -2.44. The smallest absolute Gasteiger partial charge is 0.329 e. The number of nitrogens with zero attached hydrogens (tertiary/aromatic N) is 9. The van der Waals surface area contributed by atoms with E-state index in [-0.39, 0.29) is 46.2 Å². The summed E-state index contributed by atoms with van der Waals surface area (Å²) in [4.78, 5) is 61.4. The average molecular weight is 939 g/mol. The maximum atomic E-state index is 17.0. The van der Waals surface area contributed by atoms with Gasteiger partial charge in [0.05, 0.1) is 34.2 Å². The van der Waals surface area contributed by atoms with Gasteiger partial charge in [0.2, 0.25) is 11.8 Å². The van der Waals surface area contributed by atoms with Gasteiger partial charge in [-0.05, 0) is 94.6 Å². The number of benzene rings is 3. The number of hydrogen-bond donors (Lipinski definition) is 2. The predicted molar refractivity (Wildman–Crippen MR) is 259 cm³/mol. The molecule has 3 aromatic carbocycles. The minimum Gasteiger partial charge on any atom is -0.463 e.